The predicted octanol–water partition coefficient (Wildman–Crippen LogP) is 7.67. The number of likely N-dealkylation sites (tertiary alicyclic amines) is 1. The average Bonchev–Trinajstić information content (AvgIpc) is 4.08. The summed E-state index contributed by atoms with van der Waals surface area (Å²) in [4.78, 5) is 91.2. The highest BCUT2D eigenvalue weighted by Crippen LogP contribution is 2.38. The van der Waals surface area contributed by atoms with Crippen molar-refractivity contribution in [3.05, 3.63) is 107 Å². The molecule has 8 rings (SSSR count). The second-order valence-corrected chi connectivity index (χ2v) is 22.9. The number of carbonyl (C=O) groups is 5. The van der Waals surface area contributed by atoms with Crippen molar-refractivity contribution in [3.63, 3.8) is 0 Å². The summed E-state index contributed by atoms with van der Waals surface area (Å²) >= 11 is 1.55. The summed E-state index contributed by atoms with van der Waals surface area (Å²) in [7, 11) is 1.96. The van der Waals surface area contributed by atoms with Gasteiger partial charge >= 0.3 is 6.18 Å². The molecule has 0 radical (unpaired) electrons. The number of benzene rings is 3. The van der Waals surface area contributed by atoms with Gasteiger partial charge in [-0.3, -0.25) is 28.9 Å². The van der Waals surface area contributed by atoms with E-state index in [2.05, 4.69) is 35.8 Å². The molecule has 5 aromatic rings. The van der Waals surface area contributed by atoms with Crippen LogP contribution >= 0.6 is 11.3 Å². The molecule has 0 spiro atoms. The second-order valence-electron chi connectivity index (χ2n) is 22.1. The summed E-state index contributed by atoms with van der Waals surface area (Å²) in [6, 6.07) is 10.2. The minimum Gasteiger partial charge on any atom is -0.391 e. The first-order valence-electron chi connectivity index (χ1n) is 26.7. The van der Waals surface area contributed by atoms with Gasteiger partial charge in [-0.25, -0.2) is 23.7 Å². The van der Waals surface area contributed by atoms with Crippen LogP contribution in [0.3, 0.4) is 0 Å². The molecule has 3 saturated heterocycles. The van der Waals surface area contributed by atoms with Crippen molar-refractivity contribution in [2.24, 2.45) is 5.41 Å². The minimum absolute atomic E-state index is 0.0115. The lowest BCUT2D eigenvalue weighted by molar-refractivity contribution is -0.144. The molecule has 3 aliphatic heterocycles. The van der Waals surface area contributed by atoms with Gasteiger partial charge < -0.3 is 40.7 Å². The number of β-amino-alcohol motifs (C(OH)–C–C–N with tert-alkyl or cyclic N) is 1. The molecule has 23 heteroatoms. The maximum Gasteiger partial charge on any atom is 0.417 e. The van der Waals surface area contributed by atoms with Gasteiger partial charge in [0, 0.05) is 107 Å². The monoisotopic (exact) mass is 1130 g/mol. The number of alkyl halides is 3. The van der Waals surface area contributed by atoms with E-state index in [0.717, 1.165) is 33.8 Å². The van der Waals surface area contributed by atoms with Gasteiger partial charge in [0.05, 0.1) is 44.7 Å². The van der Waals surface area contributed by atoms with Crippen LogP contribution in [-0.2, 0) is 31.9 Å². The van der Waals surface area contributed by atoms with Crippen LogP contribution in [-0.4, -0.2) is 147 Å². The highest BCUT2D eigenvalue weighted by Gasteiger charge is 2.45. The van der Waals surface area contributed by atoms with Gasteiger partial charge in [0.15, 0.2) is 0 Å². The maximum atomic E-state index is 16.2. The summed E-state index contributed by atoms with van der Waals surface area (Å²) in [6.07, 6.45) is -2.05. The molecule has 5 amide bonds. The standard InChI is InChI=1S/C57H68F5N11O6S/c1-33-29-72(30-34(2)69(33)7)46-25-44(59)42(24-45(46)67-52(77)41-17-16-39(58)22-43(41)57(60,61)62)38-27-64-55(65-28-38)71-20-18-70(19-21-71)49(76)11-9-8-10-48(75)68-51(56(4,5)6)54(79)73-31-40(74)23-47(73)53(78)63-26-36-12-14-37(15-13-36)50-35(3)66-32-80-50/h12-17,22,24-25,27-28,32-34,40,47,51,74H,8-11,18-21,23,26,29-31H2,1-7H3,(H,63,78)(H,67,77)(H,68,75)/t33-,34+,40-,47+,51-/m1/s1. The number of rotatable bonds is 16. The number of aliphatic hydroxyl groups excluding tert-OH is 1. The van der Waals surface area contributed by atoms with Crippen molar-refractivity contribution in [3.8, 4) is 21.6 Å². The van der Waals surface area contributed by atoms with E-state index < -0.39 is 70.3 Å². The Kier molecular flexibility index (Phi) is 18.2. The highest BCUT2D eigenvalue weighted by atomic mass is 32.1. The molecule has 4 N–H and O–H groups in total. The Balaban J connectivity index is 0.823. The molecule has 0 unspecified atom stereocenters. The van der Waals surface area contributed by atoms with Gasteiger partial charge in [-0.2, -0.15) is 13.2 Å². The number of hydrogen-bond acceptors (Lipinski definition) is 13. The number of unbranched alkanes of at least 4 members (excludes halogenated alkanes) is 1. The number of amides is 5. The Hall–Kier alpha value is -7.11. The van der Waals surface area contributed by atoms with Crippen molar-refractivity contribution in [1.29, 1.82) is 0 Å². The fourth-order valence-corrected chi connectivity index (χ4v) is 11.2. The number of likely N-dealkylation sites (N-methyl/N-ethyl adjacent to an activating group) is 1. The van der Waals surface area contributed by atoms with E-state index in [0.29, 0.717) is 58.1 Å². The first-order chi connectivity index (χ1) is 37.9. The number of hydrogen-bond donors (Lipinski definition) is 4. The van der Waals surface area contributed by atoms with Gasteiger partial charge in [-0.1, -0.05) is 45.0 Å². The Labute approximate surface area is 465 Å². The summed E-state index contributed by atoms with van der Waals surface area (Å²) in [5, 5.41) is 19.0. The van der Waals surface area contributed by atoms with Crippen LogP contribution in [0, 0.1) is 24.0 Å². The molecule has 2 aromatic heterocycles. The number of halogens is 5. The topological polar surface area (TPSA) is 197 Å². The predicted molar refractivity (Wildman–Crippen MR) is 295 cm³/mol. The summed E-state index contributed by atoms with van der Waals surface area (Å²) in [6.45, 7) is 13.9. The Bertz CT molecular complexity index is 3050. The van der Waals surface area contributed by atoms with Gasteiger partial charge in [0.2, 0.25) is 29.6 Å². The third kappa shape index (κ3) is 13.9. The quantitative estimate of drug-likeness (QED) is 0.0557. The van der Waals surface area contributed by atoms with E-state index in [4.69, 9.17) is 0 Å². The van der Waals surface area contributed by atoms with E-state index >= 15 is 4.39 Å². The Morgan fingerprint density at radius 3 is 2.11 bits per heavy atom. The lowest BCUT2D eigenvalue weighted by atomic mass is 9.85. The molecule has 17 nitrogen and oxygen atoms in total. The van der Waals surface area contributed by atoms with E-state index in [1.165, 1.54) is 29.4 Å². The van der Waals surface area contributed by atoms with Crippen molar-refractivity contribution in [2.45, 2.75) is 117 Å². The lowest BCUT2D eigenvalue weighted by Gasteiger charge is -2.44. The van der Waals surface area contributed by atoms with Crippen molar-refractivity contribution >= 4 is 58.2 Å². The number of aromatic nitrogens is 3. The number of nitrogens with zero attached hydrogens (tertiary/aromatic N) is 8. The van der Waals surface area contributed by atoms with Crippen LogP contribution in [0.25, 0.3) is 21.6 Å². The Morgan fingerprint density at radius 2 is 1.49 bits per heavy atom. The molecule has 3 aromatic carbocycles. The Morgan fingerprint density at radius 1 is 0.825 bits per heavy atom. The van der Waals surface area contributed by atoms with Crippen molar-refractivity contribution in [2.75, 3.05) is 68.0 Å². The number of piperazine rings is 2. The third-order valence-electron chi connectivity index (χ3n) is 15.2. The van der Waals surface area contributed by atoms with Crippen molar-refractivity contribution in [1.82, 2.24) is 40.3 Å². The zero-order chi connectivity index (χ0) is 57.8. The largest absolute Gasteiger partial charge is 0.417 e. The average molecular weight is 1130 g/mol. The molecule has 0 bridgehead atoms. The highest BCUT2D eigenvalue weighted by molar-refractivity contribution is 7.13. The lowest BCUT2D eigenvalue weighted by Crippen LogP contribution is -2.57. The molecule has 5 heterocycles. The molecule has 3 fully saturated rings. The van der Waals surface area contributed by atoms with Crippen LogP contribution in [0.4, 0.5) is 39.3 Å². The van der Waals surface area contributed by atoms with Gasteiger partial charge in [0.25, 0.3) is 5.91 Å². The first-order valence-corrected chi connectivity index (χ1v) is 27.6. The number of thiazole rings is 1. The third-order valence-corrected chi connectivity index (χ3v) is 16.2. The summed E-state index contributed by atoms with van der Waals surface area (Å²) < 4.78 is 72.1. The van der Waals surface area contributed by atoms with Crippen LogP contribution in [0.1, 0.15) is 93.9 Å². The number of carbonyl (C=O) groups excluding carboxylic acids is 5. The van der Waals surface area contributed by atoms with Crippen LogP contribution in [0.15, 0.2) is 72.5 Å². The molecule has 3 aliphatic rings. The summed E-state index contributed by atoms with van der Waals surface area (Å²) in [5.74, 6) is -4.03. The SMILES string of the molecule is Cc1ncsc1-c1ccc(CNC(=O)[C@@H]2C[C@@H](O)CN2C(=O)[C@@H](NC(=O)CCCCC(=O)N2CCN(c3ncc(-c4cc(NC(=O)c5ccc(F)cc5C(F)(F)F)c(N5C[C@@H](C)N(C)[C@@H](C)C5)cc4F)cn3)CC2)C(C)(C)C)cc1. The molecule has 0 aliphatic carbocycles. The molecular weight excluding hydrogens is 1060 g/mol. The van der Waals surface area contributed by atoms with E-state index in [1.54, 1.807) is 21.7 Å². The van der Waals surface area contributed by atoms with Crippen LogP contribution in [0.2, 0.25) is 0 Å². The normalized spacial score (nSPS) is 19.5. The molecular formula is C57H68F5N11O6S. The second kappa shape index (κ2) is 24.7. The zero-order valence-corrected chi connectivity index (χ0v) is 46.7. The van der Waals surface area contributed by atoms with E-state index in [9.17, 15) is 46.6 Å². The minimum atomic E-state index is -5.03. The van der Waals surface area contributed by atoms with E-state index in [-0.39, 0.29) is 84.8 Å². The van der Waals surface area contributed by atoms with Crippen LogP contribution in [0.5, 0.6) is 0 Å². The molecule has 428 valence electrons. The number of anilines is 3. The molecule has 0 saturated carbocycles. The van der Waals surface area contributed by atoms with Gasteiger partial charge in [-0.15, -0.1) is 11.3 Å². The van der Waals surface area contributed by atoms with Crippen molar-refractivity contribution < 1.29 is 51.0 Å². The zero-order valence-electron chi connectivity index (χ0n) is 45.9. The van der Waals surface area contributed by atoms with Gasteiger partial charge in [-0.05, 0) is 87.5 Å². The maximum absolute atomic E-state index is 16.2. The smallest absolute Gasteiger partial charge is 0.391 e. The number of aryl methyl sites for hydroxylation is 1. The van der Waals surface area contributed by atoms with Crippen LogP contribution < -0.4 is 25.8 Å². The number of nitrogens with one attached hydrogen (secondary N) is 3. The number of aliphatic hydroxyl groups is 1. The summed E-state index contributed by atoms with van der Waals surface area (Å²) in [5.41, 5.74) is 2.13. The fourth-order valence-electron chi connectivity index (χ4n) is 10.4. The van der Waals surface area contributed by atoms with E-state index in [1.807, 2.05) is 82.7 Å². The fraction of sp³-hybridized carbons (Fsp3) is 0.474. The molecule has 80 heavy (non-hydrogen) atoms. The first kappa shape index (κ1) is 59.0. The van der Waals surface area contributed by atoms with Gasteiger partial charge in [0.1, 0.15) is 23.7 Å². The molecule has 5 atom stereocenters.